The van der Waals surface area contributed by atoms with Gasteiger partial charge in [-0.15, -0.1) is 0 Å². The highest BCUT2D eigenvalue weighted by molar-refractivity contribution is 5.91. The third-order valence-electron chi connectivity index (χ3n) is 8.15. The Balaban J connectivity index is 1.37. The second kappa shape index (κ2) is 13.1. The van der Waals surface area contributed by atoms with Crippen molar-refractivity contribution in [2.75, 3.05) is 26.3 Å². The van der Waals surface area contributed by atoms with Crippen LogP contribution in [0.25, 0.3) is 22.3 Å². The van der Waals surface area contributed by atoms with Gasteiger partial charge in [0.05, 0.1) is 29.0 Å². The zero-order chi connectivity index (χ0) is 32.3. The van der Waals surface area contributed by atoms with Gasteiger partial charge < -0.3 is 34.5 Å². The summed E-state index contributed by atoms with van der Waals surface area (Å²) < 4.78 is 17.8. The zero-order valence-electron chi connectivity index (χ0n) is 25.5. The minimum absolute atomic E-state index is 0.0326. The quantitative estimate of drug-likeness (QED) is 0.157. The van der Waals surface area contributed by atoms with E-state index in [1.165, 1.54) is 0 Å². The van der Waals surface area contributed by atoms with Crippen molar-refractivity contribution in [1.82, 2.24) is 20.2 Å². The molecule has 5 rings (SSSR count). The highest BCUT2D eigenvalue weighted by atomic mass is 16.6. The molecular formula is C32H36N4O9. The third kappa shape index (κ3) is 5.99. The Morgan fingerprint density at radius 2 is 1.82 bits per heavy atom. The van der Waals surface area contributed by atoms with Crippen molar-refractivity contribution < 1.29 is 38.5 Å². The first-order valence-electron chi connectivity index (χ1n) is 15.1. The number of aromatic nitrogens is 2. The molecule has 0 saturated heterocycles. The summed E-state index contributed by atoms with van der Waals surface area (Å²) >= 11 is 0. The number of pyridine rings is 2. The number of amides is 2. The number of carbonyl (C=O) groups is 4. The van der Waals surface area contributed by atoms with Gasteiger partial charge in [-0.05, 0) is 49.1 Å². The molecule has 4 heterocycles. The van der Waals surface area contributed by atoms with Crippen LogP contribution in [0.4, 0.5) is 0 Å². The lowest BCUT2D eigenvalue weighted by Crippen LogP contribution is -2.49. The number of fused-ring (bicyclic) bond motifs is 5. The summed E-state index contributed by atoms with van der Waals surface area (Å²) in [7, 11) is 0. The second-order valence-corrected chi connectivity index (χ2v) is 11.0. The molecule has 3 N–H and O–H groups in total. The first kappa shape index (κ1) is 31.6. The number of hydrogen-bond acceptors (Lipinski definition) is 10. The number of nitrogens with one attached hydrogen (secondary N) is 2. The van der Waals surface area contributed by atoms with Crippen LogP contribution >= 0.6 is 0 Å². The van der Waals surface area contributed by atoms with Crippen LogP contribution in [0.5, 0.6) is 5.75 Å². The molecule has 2 aromatic heterocycles. The predicted octanol–water partition coefficient (Wildman–Crippen LogP) is 1.95. The minimum atomic E-state index is -1.92. The fourth-order valence-corrected chi connectivity index (χ4v) is 5.86. The van der Waals surface area contributed by atoms with E-state index in [-0.39, 0.29) is 54.5 Å². The van der Waals surface area contributed by atoms with E-state index in [1.54, 1.807) is 35.8 Å². The van der Waals surface area contributed by atoms with Crippen molar-refractivity contribution in [1.29, 1.82) is 0 Å². The number of hydrogen-bond donors (Lipinski definition) is 3. The molecule has 0 aliphatic carbocycles. The van der Waals surface area contributed by atoms with E-state index in [0.717, 1.165) is 29.4 Å². The molecule has 0 fully saturated rings. The monoisotopic (exact) mass is 620 g/mol. The minimum Gasteiger partial charge on any atom is -0.508 e. The van der Waals surface area contributed by atoms with Crippen molar-refractivity contribution >= 4 is 34.7 Å². The van der Waals surface area contributed by atoms with Gasteiger partial charge in [0.15, 0.2) is 0 Å². The van der Waals surface area contributed by atoms with Crippen molar-refractivity contribution in [3.05, 3.63) is 56.9 Å². The molecule has 45 heavy (non-hydrogen) atoms. The molecule has 0 unspecified atom stereocenters. The second-order valence-electron chi connectivity index (χ2n) is 11.0. The van der Waals surface area contributed by atoms with Crippen LogP contribution in [0.3, 0.4) is 0 Å². The predicted molar refractivity (Wildman–Crippen MR) is 161 cm³/mol. The van der Waals surface area contributed by atoms with Gasteiger partial charge in [0.25, 0.3) is 5.56 Å². The standard InChI is InChI=1S/C32H36N4O9/c1-4-7-10-33-26(38)16-43-17-27(39)34-13-28(40)45-32(6-3)23-12-25-29-21(14-36(25)30(41)22(23)15-44-31(32)42)19(5-2)20-11-18(37)8-9-24(20)35-29/h8-9,11-12,37H,4-7,10,13-17H2,1-3H3,(H,33,38)(H,34,39)/t32-/m0/s1. The molecule has 2 aliphatic heterocycles. The van der Waals surface area contributed by atoms with Crippen molar-refractivity contribution in [3.8, 4) is 17.1 Å². The van der Waals surface area contributed by atoms with Crippen LogP contribution in [-0.4, -0.2) is 64.7 Å². The molecule has 2 aliphatic rings. The first-order chi connectivity index (χ1) is 21.6. The van der Waals surface area contributed by atoms with E-state index in [0.29, 0.717) is 29.9 Å². The van der Waals surface area contributed by atoms with E-state index >= 15 is 0 Å². The normalized spacial score (nSPS) is 16.4. The number of nitrogens with zero attached hydrogens (tertiary/aromatic N) is 2. The fraction of sp³-hybridized carbons (Fsp3) is 0.438. The first-order valence-corrected chi connectivity index (χ1v) is 15.1. The molecule has 0 spiro atoms. The maximum absolute atomic E-state index is 13.8. The number of aromatic hydroxyl groups is 1. The Morgan fingerprint density at radius 3 is 2.53 bits per heavy atom. The van der Waals surface area contributed by atoms with E-state index < -0.39 is 36.6 Å². The van der Waals surface area contributed by atoms with Gasteiger partial charge in [-0.2, -0.15) is 0 Å². The highest BCUT2D eigenvalue weighted by Crippen LogP contribution is 2.42. The summed E-state index contributed by atoms with van der Waals surface area (Å²) in [5.74, 6) is -2.65. The number of cyclic esters (lactones) is 1. The third-order valence-corrected chi connectivity index (χ3v) is 8.15. The summed E-state index contributed by atoms with van der Waals surface area (Å²) in [6.45, 7) is 4.75. The van der Waals surface area contributed by atoms with Crippen LogP contribution < -0.4 is 16.2 Å². The lowest BCUT2D eigenvalue weighted by atomic mass is 9.85. The fourth-order valence-electron chi connectivity index (χ4n) is 5.86. The SMILES string of the molecule is CCCCNC(=O)COCC(=O)NCC(=O)O[C@]1(CC)C(=O)OCc2c1cc1n(c2=O)Cc2c-1nc1ccc(O)cc1c2CC. The topological polar surface area (TPSA) is 175 Å². The summed E-state index contributed by atoms with van der Waals surface area (Å²) in [6.07, 6.45) is 2.36. The number of rotatable bonds is 12. The Hall–Kier alpha value is -4.78. The average Bonchev–Trinajstić information content (AvgIpc) is 3.39. The van der Waals surface area contributed by atoms with Crippen molar-refractivity contribution in [3.63, 3.8) is 0 Å². The summed E-state index contributed by atoms with van der Waals surface area (Å²) in [4.78, 5) is 68.8. The molecule has 1 atom stereocenters. The van der Waals surface area contributed by atoms with Gasteiger partial charge in [0.1, 0.15) is 32.1 Å². The lowest BCUT2D eigenvalue weighted by molar-refractivity contribution is -0.189. The molecule has 0 bridgehead atoms. The Morgan fingerprint density at radius 1 is 1.07 bits per heavy atom. The Kier molecular flexibility index (Phi) is 9.19. The molecular weight excluding hydrogens is 584 g/mol. The number of unbranched alkanes of at least 4 members (excludes halogenated alkanes) is 1. The van der Waals surface area contributed by atoms with E-state index in [4.69, 9.17) is 19.2 Å². The molecule has 2 amide bonds. The van der Waals surface area contributed by atoms with Crippen molar-refractivity contribution in [2.24, 2.45) is 0 Å². The molecule has 238 valence electrons. The number of benzene rings is 1. The van der Waals surface area contributed by atoms with Gasteiger partial charge in [-0.25, -0.2) is 9.78 Å². The van der Waals surface area contributed by atoms with Gasteiger partial charge in [-0.3, -0.25) is 19.2 Å². The Labute approximate surface area is 258 Å². The molecule has 0 radical (unpaired) electrons. The van der Waals surface area contributed by atoms with Crippen molar-refractivity contribution in [2.45, 2.75) is 65.2 Å². The number of phenols is 1. The number of ether oxygens (including phenoxy) is 3. The van der Waals surface area contributed by atoms with Gasteiger partial charge in [-0.1, -0.05) is 27.2 Å². The van der Waals surface area contributed by atoms with Crippen LogP contribution in [0.1, 0.15) is 62.3 Å². The van der Waals surface area contributed by atoms with Crippen LogP contribution in [0.15, 0.2) is 29.1 Å². The lowest BCUT2D eigenvalue weighted by Gasteiger charge is -2.35. The average molecular weight is 621 g/mol. The summed E-state index contributed by atoms with van der Waals surface area (Å²) in [6, 6.07) is 6.57. The Bertz CT molecular complexity index is 1750. The van der Waals surface area contributed by atoms with Gasteiger partial charge in [0, 0.05) is 23.1 Å². The molecule has 1 aromatic carbocycles. The molecule has 0 saturated carbocycles. The maximum Gasteiger partial charge on any atom is 0.355 e. The maximum atomic E-state index is 13.8. The number of esters is 2. The molecule has 3 aromatic rings. The molecule has 13 heteroatoms. The van der Waals surface area contributed by atoms with Crippen LogP contribution in [0, 0.1) is 0 Å². The van der Waals surface area contributed by atoms with Crippen LogP contribution in [0.2, 0.25) is 0 Å². The summed E-state index contributed by atoms with van der Waals surface area (Å²) in [5, 5.41) is 15.9. The number of carbonyl (C=O) groups excluding carboxylic acids is 4. The summed E-state index contributed by atoms with van der Waals surface area (Å²) in [5.41, 5.74) is 1.58. The van der Waals surface area contributed by atoms with E-state index in [2.05, 4.69) is 10.6 Å². The van der Waals surface area contributed by atoms with E-state index in [9.17, 15) is 29.1 Å². The largest absolute Gasteiger partial charge is 0.508 e. The smallest absolute Gasteiger partial charge is 0.355 e. The van der Waals surface area contributed by atoms with Gasteiger partial charge in [0.2, 0.25) is 17.4 Å². The highest BCUT2D eigenvalue weighted by Gasteiger charge is 2.50. The van der Waals surface area contributed by atoms with Crippen LogP contribution in [-0.2, 0) is 58.6 Å². The number of phenolic OH excluding ortho intramolecular Hbond substituents is 1. The number of aryl methyl sites for hydroxylation is 1. The van der Waals surface area contributed by atoms with Gasteiger partial charge >= 0.3 is 11.9 Å². The molecule has 13 nitrogen and oxygen atoms in total. The zero-order valence-corrected chi connectivity index (χ0v) is 25.5. The van der Waals surface area contributed by atoms with E-state index in [1.807, 2.05) is 13.8 Å².